The van der Waals surface area contributed by atoms with Gasteiger partial charge >= 0.3 is 0 Å². The van der Waals surface area contributed by atoms with Gasteiger partial charge in [0.2, 0.25) is 0 Å². The Labute approximate surface area is 125 Å². The maximum Gasteiger partial charge on any atom is 0.0657 e. The molecule has 0 aliphatic rings. The molecule has 0 atom stereocenters. The molecule has 0 aromatic heterocycles. The van der Waals surface area contributed by atoms with E-state index in [1.165, 1.54) is 30.4 Å². The molecule has 0 spiro atoms. The highest BCUT2D eigenvalue weighted by Crippen LogP contribution is 2.22. The molecule has 2 heteroatoms. The highest BCUT2D eigenvalue weighted by Gasteiger charge is 2.13. The van der Waals surface area contributed by atoms with Crippen molar-refractivity contribution in [2.75, 3.05) is 13.2 Å². The molecule has 2 nitrogen and oxygen atoms in total. The Morgan fingerprint density at radius 2 is 1.65 bits per heavy atom. The van der Waals surface area contributed by atoms with Crippen molar-refractivity contribution in [3.05, 3.63) is 35.4 Å². The smallest absolute Gasteiger partial charge is 0.0657 e. The van der Waals surface area contributed by atoms with Crippen LogP contribution in [0.5, 0.6) is 0 Å². The summed E-state index contributed by atoms with van der Waals surface area (Å²) in [6.07, 6.45) is 3.73. The fourth-order valence-electron chi connectivity index (χ4n) is 2.22. The number of hydroxylamine groups is 2. The molecule has 114 valence electrons. The first-order chi connectivity index (χ1) is 9.47. The standard InChI is InChI=1S/C18H31NO/c1-6-8-9-14-19(20-7-2)15-16-10-12-17(13-11-16)18(3,4)5/h10-13H,6-9,14-15H2,1-5H3. The Balaban J connectivity index is 2.59. The lowest BCUT2D eigenvalue weighted by Gasteiger charge is -2.22. The summed E-state index contributed by atoms with van der Waals surface area (Å²) in [6, 6.07) is 8.94. The van der Waals surface area contributed by atoms with Crippen LogP contribution in [0.4, 0.5) is 0 Å². The summed E-state index contributed by atoms with van der Waals surface area (Å²) in [4.78, 5) is 5.72. The molecule has 20 heavy (non-hydrogen) atoms. The predicted molar refractivity (Wildman–Crippen MR) is 86.7 cm³/mol. The fourth-order valence-corrected chi connectivity index (χ4v) is 2.22. The van der Waals surface area contributed by atoms with Gasteiger partial charge in [-0.2, -0.15) is 5.06 Å². The average molecular weight is 277 g/mol. The van der Waals surface area contributed by atoms with Gasteiger partial charge < -0.3 is 0 Å². The summed E-state index contributed by atoms with van der Waals surface area (Å²) in [7, 11) is 0. The number of unbranched alkanes of at least 4 members (excludes halogenated alkanes) is 2. The zero-order chi connectivity index (χ0) is 15.0. The lowest BCUT2D eigenvalue weighted by molar-refractivity contribution is -0.162. The summed E-state index contributed by atoms with van der Waals surface area (Å²) < 4.78 is 0. The van der Waals surface area contributed by atoms with E-state index in [0.29, 0.717) is 0 Å². The quantitative estimate of drug-likeness (QED) is 0.493. The first kappa shape index (κ1) is 17.2. The minimum absolute atomic E-state index is 0.221. The molecule has 0 aliphatic carbocycles. The molecule has 0 N–H and O–H groups in total. The Kier molecular flexibility index (Phi) is 7.25. The van der Waals surface area contributed by atoms with Crippen LogP contribution in [0, 0.1) is 0 Å². The van der Waals surface area contributed by atoms with E-state index < -0.39 is 0 Å². The summed E-state index contributed by atoms with van der Waals surface area (Å²) in [5, 5.41) is 2.10. The molecule has 0 aliphatic heterocycles. The number of hydrogen-bond acceptors (Lipinski definition) is 2. The SMILES string of the molecule is CCCCCN(Cc1ccc(C(C)(C)C)cc1)OCC. The zero-order valence-electron chi connectivity index (χ0n) is 13.9. The molecule has 0 saturated carbocycles. The Morgan fingerprint density at radius 1 is 1.00 bits per heavy atom. The van der Waals surface area contributed by atoms with Gasteiger partial charge in [0.1, 0.15) is 0 Å². The molecular weight excluding hydrogens is 246 g/mol. The molecular formula is C18H31NO. The van der Waals surface area contributed by atoms with E-state index in [9.17, 15) is 0 Å². The van der Waals surface area contributed by atoms with Gasteiger partial charge in [0.15, 0.2) is 0 Å². The number of nitrogens with zero attached hydrogens (tertiary/aromatic N) is 1. The van der Waals surface area contributed by atoms with Crippen molar-refractivity contribution in [1.29, 1.82) is 0 Å². The van der Waals surface area contributed by atoms with Crippen LogP contribution < -0.4 is 0 Å². The van der Waals surface area contributed by atoms with E-state index in [1.807, 2.05) is 0 Å². The summed E-state index contributed by atoms with van der Waals surface area (Å²) in [5.74, 6) is 0. The van der Waals surface area contributed by atoms with Crippen LogP contribution in [0.25, 0.3) is 0 Å². The van der Waals surface area contributed by atoms with Gasteiger partial charge in [0.25, 0.3) is 0 Å². The number of rotatable bonds is 8. The van der Waals surface area contributed by atoms with Crippen molar-refractivity contribution in [1.82, 2.24) is 5.06 Å². The van der Waals surface area contributed by atoms with Crippen LogP contribution in [-0.2, 0) is 16.8 Å². The maximum atomic E-state index is 5.72. The summed E-state index contributed by atoms with van der Waals surface area (Å²) >= 11 is 0. The third kappa shape index (κ3) is 6.06. The van der Waals surface area contributed by atoms with Crippen molar-refractivity contribution in [3.8, 4) is 0 Å². The van der Waals surface area contributed by atoms with Crippen LogP contribution in [0.3, 0.4) is 0 Å². The molecule has 1 aromatic carbocycles. The van der Waals surface area contributed by atoms with Crippen molar-refractivity contribution in [2.24, 2.45) is 0 Å². The monoisotopic (exact) mass is 277 g/mol. The molecule has 0 radical (unpaired) electrons. The average Bonchev–Trinajstić information content (AvgIpc) is 2.39. The predicted octanol–water partition coefficient (Wildman–Crippen LogP) is 4.93. The summed E-state index contributed by atoms with van der Waals surface area (Å²) in [5.41, 5.74) is 2.93. The maximum absolute atomic E-state index is 5.72. The van der Waals surface area contributed by atoms with Crippen LogP contribution in [-0.4, -0.2) is 18.2 Å². The van der Waals surface area contributed by atoms with Crippen molar-refractivity contribution in [3.63, 3.8) is 0 Å². The summed E-state index contributed by atoms with van der Waals surface area (Å²) in [6.45, 7) is 13.7. The first-order valence-electron chi connectivity index (χ1n) is 7.94. The lowest BCUT2D eigenvalue weighted by Crippen LogP contribution is -2.25. The molecule has 0 bridgehead atoms. The van der Waals surface area contributed by atoms with Crippen molar-refractivity contribution < 1.29 is 4.84 Å². The molecule has 0 saturated heterocycles. The van der Waals surface area contributed by atoms with Crippen LogP contribution in [0.2, 0.25) is 0 Å². The van der Waals surface area contributed by atoms with E-state index in [4.69, 9.17) is 4.84 Å². The largest absolute Gasteiger partial charge is 0.299 e. The second kappa shape index (κ2) is 8.43. The molecule has 0 heterocycles. The highest BCUT2D eigenvalue weighted by molar-refractivity contribution is 5.27. The van der Waals surface area contributed by atoms with E-state index in [-0.39, 0.29) is 5.41 Å². The molecule has 0 amide bonds. The fraction of sp³-hybridized carbons (Fsp3) is 0.667. The minimum Gasteiger partial charge on any atom is -0.299 e. The van der Waals surface area contributed by atoms with Crippen LogP contribution in [0.15, 0.2) is 24.3 Å². The van der Waals surface area contributed by atoms with Gasteiger partial charge in [-0.1, -0.05) is 64.8 Å². The van der Waals surface area contributed by atoms with Crippen LogP contribution >= 0.6 is 0 Å². The van der Waals surface area contributed by atoms with Gasteiger partial charge in [-0.3, -0.25) is 4.84 Å². The number of benzene rings is 1. The van der Waals surface area contributed by atoms with Crippen LogP contribution in [0.1, 0.15) is 65.0 Å². The zero-order valence-corrected chi connectivity index (χ0v) is 13.9. The van der Waals surface area contributed by atoms with Crippen molar-refractivity contribution >= 4 is 0 Å². The van der Waals surface area contributed by atoms with Gasteiger partial charge in [-0.15, -0.1) is 0 Å². The molecule has 0 unspecified atom stereocenters. The number of hydrogen-bond donors (Lipinski definition) is 0. The normalized spacial score (nSPS) is 12.1. The second-order valence-corrected chi connectivity index (χ2v) is 6.44. The topological polar surface area (TPSA) is 12.5 Å². The van der Waals surface area contributed by atoms with E-state index in [0.717, 1.165) is 19.7 Å². The highest BCUT2D eigenvalue weighted by atomic mass is 16.7. The van der Waals surface area contributed by atoms with Gasteiger partial charge in [0, 0.05) is 13.1 Å². The van der Waals surface area contributed by atoms with Gasteiger partial charge in [0.05, 0.1) is 6.61 Å². The minimum atomic E-state index is 0.221. The second-order valence-electron chi connectivity index (χ2n) is 6.44. The third-order valence-electron chi connectivity index (χ3n) is 3.50. The Morgan fingerprint density at radius 3 is 2.15 bits per heavy atom. The van der Waals surface area contributed by atoms with E-state index in [1.54, 1.807) is 0 Å². The van der Waals surface area contributed by atoms with E-state index in [2.05, 4.69) is 63.9 Å². The van der Waals surface area contributed by atoms with E-state index >= 15 is 0 Å². The van der Waals surface area contributed by atoms with Gasteiger partial charge in [-0.05, 0) is 29.9 Å². The van der Waals surface area contributed by atoms with Gasteiger partial charge in [-0.25, -0.2) is 0 Å². The van der Waals surface area contributed by atoms with Crippen molar-refractivity contribution in [2.45, 2.75) is 65.8 Å². The molecule has 1 rings (SSSR count). The first-order valence-corrected chi connectivity index (χ1v) is 7.94. The Bertz CT molecular complexity index is 364. The third-order valence-corrected chi connectivity index (χ3v) is 3.50. The molecule has 0 fully saturated rings. The molecule has 1 aromatic rings. The lowest BCUT2D eigenvalue weighted by atomic mass is 9.87. The Hall–Kier alpha value is -0.860.